The first-order valence-electron chi connectivity index (χ1n) is 5.79. The molecule has 0 bridgehead atoms. The number of hydrogen-bond donors (Lipinski definition) is 2. The van der Waals surface area contributed by atoms with Gasteiger partial charge in [0.05, 0.1) is 16.8 Å². The highest BCUT2D eigenvalue weighted by atomic mass is 35.5. The fourth-order valence-corrected chi connectivity index (χ4v) is 2.03. The van der Waals surface area contributed by atoms with Gasteiger partial charge in [-0.1, -0.05) is 29.3 Å². The van der Waals surface area contributed by atoms with Crippen LogP contribution in [-0.4, -0.2) is 11.7 Å². The summed E-state index contributed by atoms with van der Waals surface area (Å²) in [5.41, 5.74) is 0.829. The number of nitrogens with one attached hydrogen (secondary N) is 1. The van der Waals surface area contributed by atoms with Crippen LogP contribution in [0, 0.1) is 11.6 Å². The van der Waals surface area contributed by atoms with Crippen LogP contribution in [0.15, 0.2) is 36.4 Å². The van der Waals surface area contributed by atoms with E-state index in [4.69, 9.17) is 23.2 Å². The molecule has 2 rings (SSSR count). The minimum Gasteiger partial charge on any atom is -0.387 e. The molecule has 0 fully saturated rings. The Morgan fingerprint density at radius 2 is 1.80 bits per heavy atom. The zero-order valence-electron chi connectivity index (χ0n) is 10.2. The van der Waals surface area contributed by atoms with Crippen molar-refractivity contribution in [1.82, 2.24) is 0 Å². The number of hydrogen-bond acceptors (Lipinski definition) is 2. The third kappa shape index (κ3) is 3.60. The average molecular weight is 318 g/mol. The first kappa shape index (κ1) is 15.0. The molecule has 0 aromatic heterocycles. The van der Waals surface area contributed by atoms with Crippen molar-refractivity contribution in [1.29, 1.82) is 0 Å². The van der Waals surface area contributed by atoms with E-state index >= 15 is 0 Å². The van der Waals surface area contributed by atoms with Gasteiger partial charge in [0, 0.05) is 11.6 Å². The third-order valence-corrected chi connectivity index (χ3v) is 3.31. The molecular weight excluding hydrogens is 307 g/mol. The van der Waals surface area contributed by atoms with Crippen molar-refractivity contribution in [2.45, 2.75) is 6.10 Å². The van der Waals surface area contributed by atoms with E-state index in [1.54, 1.807) is 18.2 Å². The van der Waals surface area contributed by atoms with Crippen LogP contribution >= 0.6 is 23.2 Å². The molecule has 2 nitrogen and oxygen atoms in total. The van der Waals surface area contributed by atoms with E-state index in [9.17, 15) is 13.9 Å². The lowest BCUT2D eigenvalue weighted by molar-refractivity contribution is 0.191. The van der Waals surface area contributed by atoms with Gasteiger partial charge in [0.25, 0.3) is 0 Å². The summed E-state index contributed by atoms with van der Waals surface area (Å²) in [6.07, 6.45) is -1.000. The van der Waals surface area contributed by atoms with Gasteiger partial charge in [0.2, 0.25) is 0 Å². The van der Waals surface area contributed by atoms with E-state index in [0.717, 1.165) is 12.1 Å². The van der Waals surface area contributed by atoms with Gasteiger partial charge in [0.1, 0.15) is 0 Å². The quantitative estimate of drug-likeness (QED) is 0.875. The molecule has 1 unspecified atom stereocenters. The summed E-state index contributed by atoms with van der Waals surface area (Å²) in [7, 11) is 0. The fourth-order valence-electron chi connectivity index (χ4n) is 1.68. The molecule has 0 saturated heterocycles. The third-order valence-electron chi connectivity index (χ3n) is 2.74. The monoisotopic (exact) mass is 317 g/mol. The molecule has 0 heterocycles. The summed E-state index contributed by atoms with van der Waals surface area (Å²) in [5.74, 6) is -1.95. The lowest BCUT2D eigenvalue weighted by Crippen LogP contribution is -2.12. The number of anilines is 1. The molecule has 0 radical (unpaired) electrons. The van der Waals surface area contributed by atoms with Crippen LogP contribution in [0.1, 0.15) is 11.7 Å². The van der Waals surface area contributed by atoms with Gasteiger partial charge in [-0.3, -0.25) is 0 Å². The van der Waals surface area contributed by atoms with E-state index in [-0.39, 0.29) is 12.1 Å². The number of halogens is 4. The molecular formula is C14H11Cl2F2NO. The van der Waals surface area contributed by atoms with E-state index in [0.29, 0.717) is 15.7 Å². The number of rotatable bonds is 4. The molecule has 0 spiro atoms. The van der Waals surface area contributed by atoms with Crippen molar-refractivity contribution >= 4 is 28.9 Å². The maximum atomic E-state index is 13.1. The van der Waals surface area contributed by atoms with Gasteiger partial charge < -0.3 is 10.4 Å². The second kappa shape index (κ2) is 6.39. The summed E-state index contributed by atoms with van der Waals surface area (Å²) in [5, 5.41) is 13.8. The van der Waals surface area contributed by atoms with Crippen molar-refractivity contribution < 1.29 is 13.9 Å². The second-order valence-electron chi connectivity index (χ2n) is 4.19. The number of aliphatic hydroxyl groups excluding tert-OH is 1. The predicted molar refractivity (Wildman–Crippen MR) is 76.3 cm³/mol. The Balaban J connectivity index is 2.06. The molecule has 2 aromatic carbocycles. The molecule has 20 heavy (non-hydrogen) atoms. The van der Waals surface area contributed by atoms with Crippen LogP contribution in [0.5, 0.6) is 0 Å². The topological polar surface area (TPSA) is 32.3 Å². The molecule has 0 aliphatic carbocycles. The Kier molecular flexibility index (Phi) is 4.81. The zero-order chi connectivity index (χ0) is 14.7. The van der Waals surface area contributed by atoms with Gasteiger partial charge in [-0.05, 0) is 35.9 Å². The molecule has 0 amide bonds. The maximum absolute atomic E-state index is 13.1. The summed E-state index contributed by atoms with van der Waals surface area (Å²) in [6.45, 7) is 0.0884. The summed E-state index contributed by atoms with van der Waals surface area (Å²) in [4.78, 5) is 0. The lowest BCUT2D eigenvalue weighted by Gasteiger charge is -2.14. The van der Waals surface area contributed by atoms with Gasteiger partial charge in [-0.2, -0.15) is 0 Å². The molecule has 0 aliphatic heterocycles. The molecule has 106 valence electrons. The Labute approximate surface area is 125 Å². The highest BCUT2D eigenvalue weighted by Crippen LogP contribution is 2.26. The first-order chi connectivity index (χ1) is 9.47. The second-order valence-corrected chi connectivity index (χ2v) is 5.04. The Morgan fingerprint density at radius 1 is 1.05 bits per heavy atom. The largest absolute Gasteiger partial charge is 0.387 e. The Morgan fingerprint density at radius 3 is 2.50 bits per heavy atom. The zero-order valence-corrected chi connectivity index (χ0v) is 11.7. The highest BCUT2D eigenvalue weighted by Gasteiger charge is 2.11. The van der Waals surface area contributed by atoms with E-state index in [2.05, 4.69) is 5.32 Å². The van der Waals surface area contributed by atoms with Crippen molar-refractivity contribution in [3.63, 3.8) is 0 Å². The molecule has 0 saturated carbocycles. The smallest absolute Gasteiger partial charge is 0.159 e. The Bertz CT molecular complexity index is 622. The number of aliphatic hydroxyl groups is 1. The van der Waals surface area contributed by atoms with Gasteiger partial charge in [-0.25, -0.2) is 8.78 Å². The lowest BCUT2D eigenvalue weighted by atomic mass is 10.1. The SMILES string of the molecule is OC(CNc1cc(Cl)ccc1Cl)c1ccc(F)c(F)c1. The van der Waals surface area contributed by atoms with Crippen molar-refractivity contribution in [3.8, 4) is 0 Å². The van der Waals surface area contributed by atoms with Crippen LogP contribution in [0.4, 0.5) is 14.5 Å². The predicted octanol–water partition coefficient (Wildman–Crippen LogP) is 4.42. The fraction of sp³-hybridized carbons (Fsp3) is 0.143. The summed E-state index contributed by atoms with van der Waals surface area (Å²) >= 11 is 11.8. The molecule has 1 atom stereocenters. The van der Waals surface area contributed by atoms with Gasteiger partial charge >= 0.3 is 0 Å². The van der Waals surface area contributed by atoms with E-state index in [1.165, 1.54) is 6.07 Å². The summed E-state index contributed by atoms with van der Waals surface area (Å²) in [6, 6.07) is 8.13. The van der Waals surface area contributed by atoms with Crippen molar-refractivity contribution in [3.05, 3.63) is 63.6 Å². The van der Waals surface area contributed by atoms with Gasteiger partial charge in [-0.15, -0.1) is 0 Å². The minimum atomic E-state index is -1.000. The van der Waals surface area contributed by atoms with Crippen LogP contribution in [-0.2, 0) is 0 Å². The minimum absolute atomic E-state index is 0.0884. The van der Waals surface area contributed by atoms with Crippen LogP contribution < -0.4 is 5.32 Å². The Hall–Kier alpha value is -1.36. The summed E-state index contributed by atoms with van der Waals surface area (Å²) < 4.78 is 25.9. The molecule has 2 aromatic rings. The van der Waals surface area contributed by atoms with Crippen molar-refractivity contribution in [2.75, 3.05) is 11.9 Å². The van der Waals surface area contributed by atoms with E-state index in [1.807, 2.05) is 0 Å². The molecule has 2 N–H and O–H groups in total. The van der Waals surface area contributed by atoms with Crippen LogP contribution in [0.3, 0.4) is 0 Å². The van der Waals surface area contributed by atoms with Crippen molar-refractivity contribution in [2.24, 2.45) is 0 Å². The van der Waals surface area contributed by atoms with Gasteiger partial charge in [0.15, 0.2) is 11.6 Å². The molecule has 0 aliphatic rings. The average Bonchev–Trinajstić information content (AvgIpc) is 2.42. The normalized spacial score (nSPS) is 12.2. The first-order valence-corrected chi connectivity index (χ1v) is 6.55. The standard InChI is InChI=1S/C14H11Cl2F2NO/c15-9-2-3-10(16)13(6-9)19-7-14(20)8-1-4-11(17)12(18)5-8/h1-6,14,19-20H,7H2. The molecule has 6 heteroatoms. The maximum Gasteiger partial charge on any atom is 0.159 e. The number of benzene rings is 2. The van der Waals surface area contributed by atoms with Crippen LogP contribution in [0.25, 0.3) is 0 Å². The highest BCUT2D eigenvalue weighted by molar-refractivity contribution is 6.35. The van der Waals surface area contributed by atoms with E-state index < -0.39 is 17.7 Å². The van der Waals surface area contributed by atoms with Crippen LogP contribution in [0.2, 0.25) is 10.0 Å².